The van der Waals surface area contributed by atoms with Crippen molar-refractivity contribution < 1.29 is 4.39 Å². The van der Waals surface area contributed by atoms with Crippen LogP contribution >= 0.6 is 0 Å². The lowest BCUT2D eigenvalue weighted by Gasteiger charge is -2.13. The van der Waals surface area contributed by atoms with Crippen molar-refractivity contribution in [1.29, 1.82) is 0 Å². The summed E-state index contributed by atoms with van der Waals surface area (Å²) in [5.74, 6) is 0.427. The topological polar surface area (TPSA) is 26.0 Å². The zero-order valence-electron chi connectivity index (χ0n) is 8.83. The molecule has 0 saturated carbocycles. The predicted octanol–water partition coefficient (Wildman–Crippen LogP) is 3.26. The zero-order valence-corrected chi connectivity index (χ0v) is 8.83. The Bertz CT molecular complexity index is 283. The summed E-state index contributed by atoms with van der Waals surface area (Å²) in [6.45, 7) is 4.29. The minimum absolute atomic E-state index is 0.168. The minimum atomic E-state index is -0.191. The molecular formula is C12H18FN. The maximum absolute atomic E-state index is 13.3. The van der Waals surface area contributed by atoms with Gasteiger partial charge in [-0.1, -0.05) is 32.0 Å². The molecule has 0 saturated heterocycles. The van der Waals surface area contributed by atoms with Crippen LogP contribution in [0.15, 0.2) is 24.3 Å². The van der Waals surface area contributed by atoms with Gasteiger partial charge in [0.05, 0.1) is 0 Å². The Morgan fingerprint density at radius 3 is 2.43 bits per heavy atom. The van der Waals surface area contributed by atoms with Crippen LogP contribution in [0.3, 0.4) is 0 Å². The SMILES string of the molecule is CC(C)CC[C@H](N)c1ccccc1F. The van der Waals surface area contributed by atoms with Crippen molar-refractivity contribution in [2.45, 2.75) is 32.7 Å². The van der Waals surface area contributed by atoms with Gasteiger partial charge >= 0.3 is 0 Å². The lowest BCUT2D eigenvalue weighted by Crippen LogP contribution is -2.12. The highest BCUT2D eigenvalue weighted by Gasteiger charge is 2.10. The molecule has 78 valence electrons. The molecule has 2 N–H and O–H groups in total. The van der Waals surface area contributed by atoms with Gasteiger partial charge in [0.2, 0.25) is 0 Å². The first-order chi connectivity index (χ1) is 6.61. The highest BCUT2D eigenvalue weighted by molar-refractivity contribution is 5.20. The first-order valence-electron chi connectivity index (χ1n) is 5.11. The van der Waals surface area contributed by atoms with Gasteiger partial charge in [-0.25, -0.2) is 4.39 Å². The van der Waals surface area contributed by atoms with Gasteiger partial charge in [-0.3, -0.25) is 0 Å². The molecule has 14 heavy (non-hydrogen) atoms. The van der Waals surface area contributed by atoms with E-state index in [2.05, 4.69) is 13.8 Å². The fourth-order valence-electron chi connectivity index (χ4n) is 1.44. The molecule has 0 aliphatic heterocycles. The highest BCUT2D eigenvalue weighted by atomic mass is 19.1. The van der Waals surface area contributed by atoms with Crippen LogP contribution in [0.5, 0.6) is 0 Å². The van der Waals surface area contributed by atoms with Crippen molar-refractivity contribution in [1.82, 2.24) is 0 Å². The quantitative estimate of drug-likeness (QED) is 0.784. The molecule has 0 amide bonds. The fraction of sp³-hybridized carbons (Fsp3) is 0.500. The summed E-state index contributed by atoms with van der Waals surface area (Å²) in [5, 5.41) is 0. The molecule has 0 spiro atoms. The zero-order chi connectivity index (χ0) is 10.6. The Morgan fingerprint density at radius 2 is 1.86 bits per heavy atom. The molecule has 0 aliphatic carbocycles. The Kier molecular flexibility index (Phi) is 4.08. The molecule has 1 atom stereocenters. The van der Waals surface area contributed by atoms with Crippen molar-refractivity contribution in [3.05, 3.63) is 35.6 Å². The molecule has 1 aromatic carbocycles. The molecule has 0 heterocycles. The highest BCUT2D eigenvalue weighted by Crippen LogP contribution is 2.20. The van der Waals surface area contributed by atoms with Gasteiger partial charge in [0.15, 0.2) is 0 Å². The van der Waals surface area contributed by atoms with Gasteiger partial charge < -0.3 is 5.73 Å². The lowest BCUT2D eigenvalue weighted by molar-refractivity contribution is 0.491. The minimum Gasteiger partial charge on any atom is -0.324 e. The number of rotatable bonds is 4. The summed E-state index contributed by atoms with van der Waals surface area (Å²) in [6, 6.07) is 6.57. The van der Waals surface area contributed by atoms with Gasteiger partial charge in [0.1, 0.15) is 5.82 Å². The van der Waals surface area contributed by atoms with E-state index in [0.29, 0.717) is 11.5 Å². The fourth-order valence-corrected chi connectivity index (χ4v) is 1.44. The molecule has 0 bridgehead atoms. The third-order valence-electron chi connectivity index (χ3n) is 2.36. The summed E-state index contributed by atoms with van der Waals surface area (Å²) in [7, 11) is 0. The standard InChI is InChI=1S/C12H18FN/c1-9(2)7-8-12(14)10-5-3-4-6-11(10)13/h3-6,9,12H,7-8,14H2,1-2H3/t12-/m0/s1. The Balaban J connectivity index is 2.60. The third-order valence-corrected chi connectivity index (χ3v) is 2.36. The molecule has 0 aromatic heterocycles. The maximum Gasteiger partial charge on any atom is 0.127 e. The largest absolute Gasteiger partial charge is 0.324 e. The molecule has 0 radical (unpaired) electrons. The van der Waals surface area contributed by atoms with Crippen molar-refractivity contribution in [2.24, 2.45) is 11.7 Å². The van der Waals surface area contributed by atoms with Crippen molar-refractivity contribution in [3.63, 3.8) is 0 Å². The molecule has 1 rings (SSSR count). The van der Waals surface area contributed by atoms with Gasteiger partial charge in [-0.05, 0) is 24.8 Å². The Morgan fingerprint density at radius 1 is 1.21 bits per heavy atom. The summed E-state index contributed by atoms with van der Waals surface area (Å²) in [5.41, 5.74) is 6.54. The number of nitrogens with two attached hydrogens (primary N) is 1. The van der Waals surface area contributed by atoms with Crippen LogP contribution in [-0.4, -0.2) is 0 Å². The van der Waals surface area contributed by atoms with Crippen LogP contribution in [0.1, 0.15) is 38.3 Å². The van der Waals surface area contributed by atoms with E-state index >= 15 is 0 Å². The van der Waals surface area contributed by atoms with Gasteiger partial charge in [-0.2, -0.15) is 0 Å². The second-order valence-electron chi connectivity index (χ2n) is 4.10. The number of hydrogen-bond acceptors (Lipinski definition) is 1. The lowest BCUT2D eigenvalue weighted by atomic mass is 9.98. The first-order valence-corrected chi connectivity index (χ1v) is 5.11. The van der Waals surface area contributed by atoms with Crippen LogP contribution in [0, 0.1) is 11.7 Å². The van der Waals surface area contributed by atoms with E-state index in [1.54, 1.807) is 12.1 Å². The third kappa shape index (κ3) is 3.11. The van der Waals surface area contributed by atoms with E-state index in [0.717, 1.165) is 12.8 Å². The average molecular weight is 195 g/mol. The number of benzene rings is 1. The van der Waals surface area contributed by atoms with E-state index in [4.69, 9.17) is 5.73 Å². The van der Waals surface area contributed by atoms with Crippen LogP contribution in [0.4, 0.5) is 4.39 Å². The number of hydrogen-bond donors (Lipinski definition) is 1. The summed E-state index contributed by atoms with van der Waals surface area (Å²) in [6.07, 6.45) is 1.88. The molecular weight excluding hydrogens is 177 g/mol. The smallest absolute Gasteiger partial charge is 0.127 e. The van der Waals surface area contributed by atoms with E-state index in [1.165, 1.54) is 6.07 Å². The summed E-state index contributed by atoms with van der Waals surface area (Å²) >= 11 is 0. The second-order valence-corrected chi connectivity index (χ2v) is 4.10. The molecule has 2 heteroatoms. The monoisotopic (exact) mass is 195 g/mol. The Labute approximate surface area is 85.1 Å². The van der Waals surface area contributed by atoms with E-state index in [-0.39, 0.29) is 11.9 Å². The van der Waals surface area contributed by atoms with Crippen LogP contribution in [-0.2, 0) is 0 Å². The number of halogens is 1. The maximum atomic E-state index is 13.3. The molecule has 0 aliphatic rings. The molecule has 1 nitrogen and oxygen atoms in total. The van der Waals surface area contributed by atoms with Crippen LogP contribution in [0.2, 0.25) is 0 Å². The Hall–Kier alpha value is -0.890. The van der Waals surface area contributed by atoms with E-state index in [1.807, 2.05) is 6.07 Å². The van der Waals surface area contributed by atoms with Crippen molar-refractivity contribution >= 4 is 0 Å². The molecule has 0 fully saturated rings. The molecule has 0 unspecified atom stereocenters. The van der Waals surface area contributed by atoms with Gasteiger partial charge in [0.25, 0.3) is 0 Å². The molecule has 1 aromatic rings. The van der Waals surface area contributed by atoms with Gasteiger partial charge in [-0.15, -0.1) is 0 Å². The van der Waals surface area contributed by atoms with Crippen LogP contribution in [0.25, 0.3) is 0 Å². The van der Waals surface area contributed by atoms with E-state index < -0.39 is 0 Å². The van der Waals surface area contributed by atoms with Crippen molar-refractivity contribution in [3.8, 4) is 0 Å². The average Bonchev–Trinajstić information content (AvgIpc) is 2.15. The normalized spacial score (nSPS) is 13.2. The van der Waals surface area contributed by atoms with Crippen LogP contribution < -0.4 is 5.73 Å². The predicted molar refractivity (Wildman–Crippen MR) is 57.4 cm³/mol. The first kappa shape index (κ1) is 11.2. The second kappa shape index (κ2) is 5.11. The van der Waals surface area contributed by atoms with Gasteiger partial charge in [0, 0.05) is 11.6 Å². The summed E-state index contributed by atoms with van der Waals surface area (Å²) in [4.78, 5) is 0. The summed E-state index contributed by atoms with van der Waals surface area (Å²) < 4.78 is 13.3. The van der Waals surface area contributed by atoms with E-state index in [9.17, 15) is 4.39 Å². The van der Waals surface area contributed by atoms with Crippen molar-refractivity contribution in [2.75, 3.05) is 0 Å².